The molecule has 0 aliphatic carbocycles. The molecule has 0 spiro atoms. The van der Waals surface area contributed by atoms with Gasteiger partial charge < -0.3 is 13.9 Å². The van der Waals surface area contributed by atoms with Crippen LogP contribution in [-0.2, 0) is 17.8 Å². The molecule has 5 heteroatoms. The third-order valence-electron chi connectivity index (χ3n) is 3.91. The molecular weight excluding hydrogens is 358 g/mol. The van der Waals surface area contributed by atoms with Gasteiger partial charge >= 0.3 is 0 Å². The SMILES string of the molecule is Brc1ccc(OCc2ccc(CCCN3CCOCC3)o2)cc1. The van der Waals surface area contributed by atoms with E-state index in [1.807, 2.05) is 30.3 Å². The van der Waals surface area contributed by atoms with Crippen molar-refractivity contribution in [3.05, 3.63) is 52.4 Å². The van der Waals surface area contributed by atoms with Crippen LogP contribution in [0.1, 0.15) is 17.9 Å². The Bertz CT molecular complexity index is 591. The van der Waals surface area contributed by atoms with Gasteiger partial charge in [0, 0.05) is 24.0 Å². The summed E-state index contributed by atoms with van der Waals surface area (Å²) in [6, 6.07) is 11.9. The summed E-state index contributed by atoms with van der Waals surface area (Å²) in [5.41, 5.74) is 0. The van der Waals surface area contributed by atoms with Gasteiger partial charge in [-0.3, -0.25) is 4.90 Å². The third kappa shape index (κ3) is 5.37. The van der Waals surface area contributed by atoms with Gasteiger partial charge in [0.25, 0.3) is 0 Å². The van der Waals surface area contributed by atoms with Crippen molar-refractivity contribution in [3.8, 4) is 5.75 Å². The molecule has 0 atom stereocenters. The predicted octanol–water partition coefficient (Wildman–Crippen LogP) is 3.89. The van der Waals surface area contributed by atoms with Gasteiger partial charge in [0.15, 0.2) is 0 Å². The summed E-state index contributed by atoms with van der Waals surface area (Å²) >= 11 is 3.41. The Kier molecular flexibility index (Phi) is 6.13. The highest BCUT2D eigenvalue weighted by atomic mass is 79.9. The molecule has 4 nitrogen and oxygen atoms in total. The van der Waals surface area contributed by atoms with E-state index < -0.39 is 0 Å². The standard InChI is InChI=1S/C18H22BrNO3/c19-15-3-5-16(6-4-15)22-14-18-8-7-17(23-18)2-1-9-20-10-12-21-13-11-20/h3-8H,1-2,9-14H2. The van der Waals surface area contributed by atoms with Crippen LogP contribution in [-0.4, -0.2) is 37.7 Å². The van der Waals surface area contributed by atoms with Crippen molar-refractivity contribution in [1.82, 2.24) is 4.90 Å². The van der Waals surface area contributed by atoms with Crippen LogP contribution < -0.4 is 4.74 Å². The highest BCUT2D eigenvalue weighted by Crippen LogP contribution is 2.18. The topological polar surface area (TPSA) is 34.8 Å². The summed E-state index contributed by atoms with van der Waals surface area (Å²) in [6.07, 6.45) is 2.08. The van der Waals surface area contributed by atoms with Gasteiger partial charge in [0.2, 0.25) is 0 Å². The molecule has 0 N–H and O–H groups in total. The minimum atomic E-state index is 0.463. The minimum absolute atomic E-state index is 0.463. The van der Waals surface area contributed by atoms with E-state index in [-0.39, 0.29) is 0 Å². The lowest BCUT2D eigenvalue weighted by Crippen LogP contribution is -2.36. The molecule has 1 aromatic heterocycles. The Morgan fingerprint density at radius 3 is 2.52 bits per heavy atom. The van der Waals surface area contributed by atoms with Gasteiger partial charge in [-0.1, -0.05) is 15.9 Å². The van der Waals surface area contributed by atoms with Gasteiger partial charge in [-0.15, -0.1) is 0 Å². The Morgan fingerprint density at radius 1 is 1.00 bits per heavy atom. The van der Waals surface area contributed by atoms with Crippen LogP contribution in [0.4, 0.5) is 0 Å². The maximum absolute atomic E-state index is 5.84. The number of ether oxygens (including phenoxy) is 2. The van der Waals surface area contributed by atoms with Crippen LogP contribution in [0, 0.1) is 0 Å². The van der Waals surface area contributed by atoms with Crippen molar-refractivity contribution in [2.24, 2.45) is 0 Å². The molecule has 1 aliphatic heterocycles. The van der Waals surface area contributed by atoms with E-state index in [0.717, 1.165) is 67.4 Å². The first-order chi connectivity index (χ1) is 11.3. The molecule has 1 aromatic carbocycles. The molecule has 1 saturated heterocycles. The normalized spacial score (nSPS) is 15.7. The van der Waals surface area contributed by atoms with Gasteiger partial charge in [-0.05, 0) is 49.4 Å². The molecule has 124 valence electrons. The molecule has 0 amide bonds. The van der Waals surface area contributed by atoms with Crippen molar-refractivity contribution in [2.45, 2.75) is 19.4 Å². The fourth-order valence-corrected chi connectivity index (χ4v) is 2.89. The maximum Gasteiger partial charge on any atom is 0.146 e. The maximum atomic E-state index is 5.84. The molecule has 1 fully saturated rings. The van der Waals surface area contributed by atoms with Crippen LogP contribution in [0.3, 0.4) is 0 Å². The van der Waals surface area contributed by atoms with E-state index in [9.17, 15) is 0 Å². The fourth-order valence-electron chi connectivity index (χ4n) is 2.62. The van der Waals surface area contributed by atoms with Crippen LogP contribution >= 0.6 is 15.9 Å². The zero-order chi connectivity index (χ0) is 15.9. The number of halogens is 1. The van der Waals surface area contributed by atoms with E-state index in [0.29, 0.717) is 6.61 Å². The zero-order valence-electron chi connectivity index (χ0n) is 13.2. The number of morpholine rings is 1. The summed E-state index contributed by atoms with van der Waals surface area (Å²) in [5, 5.41) is 0. The highest BCUT2D eigenvalue weighted by molar-refractivity contribution is 9.10. The molecule has 0 saturated carbocycles. The van der Waals surface area contributed by atoms with Crippen molar-refractivity contribution >= 4 is 15.9 Å². The van der Waals surface area contributed by atoms with Gasteiger partial charge in [-0.2, -0.15) is 0 Å². The quantitative estimate of drug-likeness (QED) is 0.730. The molecule has 0 bridgehead atoms. The Morgan fingerprint density at radius 2 is 1.74 bits per heavy atom. The predicted molar refractivity (Wildman–Crippen MR) is 92.8 cm³/mol. The van der Waals surface area contributed by atoms with Gasteiger partial charge in [0.05, 0.1) is 13.2 Å². The average Bonchev–Trinajstić information content (AvgIpc) is 3.03. The van der Waals surface area contributed by atoms with Crippen molar-refractivity contribution in [3.63, 3.8) is 0 Å². The number of benzene rings is 1. The van der Waals surface area contributed by atoms with Gasteiger partial charge in [0.1, 0.15) is 23.9 Å². The van der Waals surface area contributed by atoms with E-state index in [4.69, 9.17) is 13.9 Å². The number of rotatable bonds is 7. The van der Waals surface area contributed by atoms with E-state index in [1.165, 1.54) is 0 Å². The van der Waals surface area contributed by atoms with Crippen LogP contribution in [0.15, 0.2) is 45.3 Å². The number of hydrogen-bond donors (Lipinski definition) is 0. The summed E-state index contributed by atoms with van der Waals surface area (Å²) in [4.78, 5) is 2.45. The molecule has 3 rings (SSSR count). The Hall–Kier alpha value is -1.30. The number of nitrogens with zero attached hydrogens (tertiary/aromatic N) is 1. The smallest absolute Gasteiger partial charge is 0.146 e. The average molecular weight is 380 g/mol. The van der Waals surface area contributed by atoms with Crippen LogP contribution in [0.5, 0.6) is 5.75 Å². The molecule has 2 aromatic rings. The zero-order valence-corrected chi connectivity index (χ0v) is 14.8. The fraction of sp³-hybridized carbons (Fsp3) is 0.444. The molecule has 23 heavy (non-hydrogen) atoms. The largest absolute Gasteiger partial charge is 0.486 e. The number of aryl methyl sites for hydroxylation is 1. The van der Waals surface area contributed by atoms with E-state index in [2.05, 4.69) is 26.9 Å². The summed E-state index contributed by atoms with van der Waals surface area (Å²) in [7, 11) is 0. The molecule has 0 unspecified atom stereocenters. The first kappa shape index (κ1) is 16.6. The first-order valence-electron chi connectivity index (χ1n) is 8.06. The monoisotopic (exact) mass is 379 g/mol. The summed E-state index contributed by atoms with van der Waals surface area (Å²) < 4.78 is 18.0. The van der Waals surface area contributed by atoms with E-state index >= 15 is 0 Å². The number of hydrogen-bond acceptors (Lipinski definition) is 4. The Balaban J connectivity index is 1.39. The lowest BCUT2D eigenvalue weighted by molar-refractivity contribution is 0.0373. The lowest BCUT2D eigenvalue weighted by Gasteiger charge is -2.26. The van der Waals surface area contributed by atoms with Gasteiger partial charge in [-0.25, -0.2) is 0 Å². The minimum Gasteiger partial charge on any atom is -0.486 e. The third-order valence-corrected chi connectivity index (χ3v) is 4.44. The number of furan rings is 1. The second-order valence-electron chi connectivity index (χ2n) is 5.67. The molecular formula is C18H22BrNO3. The molecule has 2 heterocycles. The second kappa shape index (κ2) is 8.52. The first-order valence-corrected chi connectivity index (χ1v) is 8.85. The summed E-state index contributed by atoms with van der Waals surface area (Å²) in [5.74, 6) is 2.75. The van der Waals surface area contributed by atoms with Crippen molar-refractivity contribution < 1.29 is 13.9 Å². The second-order valence-corrected chi connectivity index (χ2v) is 6.58. The molecule has 1 aliphatic rings. The Labute approximate surface area is 145 Å². The van der Waals surface area contributed by atoms with E-state index in [1.54, 1.807) is 0 Å². The van der Waals surface area contributed by atoms with Crippen LogP contribution in [0.25, 0.3) is 0 Å². The molecule has 0 radical (unpaired) electrons. The van der Waals surface area contributed by atoms with Crippen molar-refractivity contribution in [1.29, 1.82) is 0 Å². The highest BCUT2D eigenvalue weighted by Gasteiger charge is 2.10. The lowest BCUT2D eigenvalue weighted by atomic mass is 10.2. The summed E-state index contributed by atoms with van der Waals surface area (Å²) in [6.45, 7) is 5.38. The van der Waals surface area contributed by atoms with Crippen LogP contribution in [0.2, 0.25) is 0 Å². The van der Waals surface area contributed by atoms with Crippen molar-refractivity contribution in [2.75, 3.05) is 32.8 Å².